The summed E-state index contributed by atoms with van der Waals surface area (Å²) in [7, 11) is 0. The predicted molar refractivity (Wildman–Crippen MR) is 175 cm³/mol. The molecule has 0 fully saturated rings. The predicted octanol–water partition coefficient (Wildman–Crippen LogP) is 3.20. The van der Waals surface area contributed by atoms with E-state index in [0.717, 1.165) is 19.3 Å². The second kappa shape index (κ2) is 28.8. The smallest absolute Gasteiger partial charge is 0.303 e. The highest BCUT2D eigenvalue weighted by Crippen LogP contribution is 2.21. The summed E-state index contributed by atoms with van der Waals surface area (Å²) in [5, 5.41) is 24.1. The van der Waals surface area contributed by atoms with Crippen LogP contribution < -0.4 is 16.4 Å². The monoisotopic (exact) mass is 649 g/mol. The molecule has 0 aliphatic rings. The van der Waals surface area contributed by atoms with E-state index in [1.165, 1.54) is 11.8 Å². The molecule has 0 heterocycles. The molecular weight excluding hydrogens is 602 g/mol. The number of carboxylic acids is 1. The van der Waals surface area contributed by atoms with Crippen LogP contribution in [0.3, 0.4) is 0 Å². The molecule has 2 amide bonds. The van der Waals surface area contributed by atoms with Crippen molar-refractivity contribution in [3.05, 3.63) is 72.9 Å². The van der Waals surface area contributed by atoms with Gasteiger partial charge >= 0.3 is 5.97 Å². The van der Waals surface area contributed by atoms with Gasteiger partial charge in [0, 0.05) is 30.3 Å². The lowest BCUT2D eigenvalue weighted by molar-refractivity contribution is -0.137. The van der Waals surface area contributed by atoms with Crippen LogP contribution in [-0.2, 0) is 33.4 Å². The minimum Gasteiger partial charge on any atom is -0.481 e. The van der Waals surface area contributed by atoms with E-state index in [-0.39, 0.29) is 44.7 Å². The van der Waals surface area contributed by atoms with Crippen molar-refractivity contribution in [1.82, 2.24) is 10.6 Å². The summed E-state index contributed by atoms with van der Waals surface area (Å²) in [6.07, 6.45) is 24.4. The van der Waals surface area contributed by atoms with E-state index in [4.69, 9.17) is 10.8 Å². The molecule has 0 bridgehead atoms. The third-order valence-electron chi connectivity index (χ3n) is 5.72. The largest absolute Gasteiger partial charge is 0.481 e. The molecule has 0 spiro atoms. The van der Waals surface area contributed by atoms with Crippen LogP contribution in [0.25, 0.3) is 0 Å². The van der Waals surface area contributed by atoms with Gasteiger partial charge in [0.05, 0.1) is 6.10 Å². The molecule has 0 rings (SSSR count). The van der Waals surface area contributed by atoms with Gasteiger partial charge in [-0.15, -0.1) is 11.8 Å². The van der Waals surface area contributed by atoms with E-state index in [0.29, 0.717) is 12.8 Å². The van der Waals surface area contributed by atoms with Crippen LogP contribution in [0.4, 0.5) is 0 Å². The van der Waals surface area contributed by atoms with Crippen LogP contribution in [0.2, 0.25) is 0 Å². The van der Waals surface area contributed by atoms with Gasteiger partial charge in [0.2, 0.25) is 11.8 Å². The maximum Gasteiger partial charge on any atom is 0.303 e. The molecule has 0 radical (unpaired) electrons. The number of carboxylic acid groups (broad SMARTS) is 1. The molecule has 0 aliphatic heterocycles. The number of aliphatic hydroxyl groups is 1. The first-order valence-corrected chi connectivity index (χ1v) is 15.7. The highest BCUT2D eigenvalue weighted by Gasteiger charge is 2.24. The number of aliphatic hydroxyl groups excluding tert-OH is 1. The van der Waals surface area contributed by atoms with Crippen LogP contribution in [0, 0.1) is 0 Å². The fraction of sp³-hybridized carbons (Fsp3) is 0.469. The van der Waals surface area contributed by atoms with Gasteiger partial charge in [0.15, 0.2) is 13.0 Å². The van der Waals surface area contributed by atoms with E-state index in [1.54, 1.807) is 6.08 Å². The van der Waals surface area contributed by atoms with Crippen molar-refractivity contribution in [3.8, 4) is 0 Å². The van der Waals surface area contributed by atoms with Crippen molar-refractivity contribution in [1.29, 1.82) is 0 Å². The minimum absolute atomic E-state index is 0.0543. The number of ether oxygens (including phenoxy) is 2. The molecule has 0 aromatic carbocycles. The van der Waals surface area contributed by atoms with Gasteiger partial charge in [-0.1, -0.05) is 79.8 Å². The Bertz CT molecular complexity index is 1040. The second-order valence-corrected chi connectivity index (χ2v) is 10.6. The Balaban J connectivity index is 5.22. The fourth-order valence-corrected chi connectivity index (χ4v) is 4.58. The normalized spacial score (nSPS) is 14.7. The SMILES string of the molecule is CC/C=C\CC(O)C(/C=C/C=C/C=C\C/C=C\C/C=C\CCC(=O)O)SCC(NC(=O)CCC(N)OC=O)C(=O)NCOC=O. The van der Waals surface area contributed by atoms with Crippen LogP contribution in [0.15, 0.2) is 72.9 Å². The van der Waals surface area contributed by atoms with Crippen molar-refractivity contribution in [2.24, 2.45) is 5.73 Å². The lowest BCUT2D eigenvalue weighted by Gasteiger charge is -2.23. The number of nitrogens with one attached hydrogen (secondary N) is 2. The van der Waals surface area contributed by atoms with E-state index in [2.05, 4.69) is 20.1 Å². The third kappa shape index (κ3) is 25.1. The number of hydrogen-bond donors (Lipinski definition) is 5. The minimum atomic E-state index is -1.01. The Morgan fingerprint density at radius 1 is 0.911 bits per heavy atom. The summed E-state index contributed by atoms with van der Waals surface area (Å²) in [5.41, 5.74) is 5.58. The van der Waals surface area contributed by atoms with Gasteiger partial charge in [0.25, 0.3) is 12.9 Å². The number of hydrogen-bond acceptors (Lipinski definition) is 10. The molecule has 0 aliphatic carbocycles. The molecule has 0 aromatic heterocycles. The average molecular weight is 650 g/mol. The van der Waals surface area contributed by atoms with Crippen molar-refractivity contribution in [2.75, 3.05) is 12.5 Å². The maximum atomic E-state index is 12.7. The van der Waals surface area contributed by atoms with E-state index >= 15 is 0 Å². The maximum absolute atomic E-state index is 12.7. The number of amides is 2. The molecule has 4 unspecified atom stereocenters. The van der Waals surface area contributed by atoms with Crippen molar-refractivity contribution in [3.63, 3.8) is 0 Å². The lowest BCUT2D eigenvalue weighted by atomic mass is 10.1. The average Bonchev–Trinajstić information content (AvgIpc) is 3.01. The number of rotatable bonds is 27. The second-order valence-electron chi connectivity index (χ2n) is 9.40. The number of carbonyl (C=O) groups excluding carboxylic acids is 4. The Labute approximate surface area is 269 Å². The first kappa shape index (κ1) is 41.1. The first-order valence-electron chi connectivity index (χ1n) is 14.7. The molecule has 4 atom stereocenters. The first-order chi connectivity index (χ1) is 21.7. The number of nitrogens with two attached hydrogens (primary N) is 1. The summed E-state index contributed by atoms with van der Waals surface area (Å²) in [6, 6.07) is -1.01. The Kier molecular flexibility index (Phi) is 26.3. The molecule has 0 aromatic rings. The van der Waals surface area contributed by atoms with E-state index < -0.39 is 41.4 Å². The molecule has 6 N–H and O–H groups in total. The molecule has 0 saturated heterocycles. The van der Waals surface area contributed by atoms with Gasteiger partial charge in [-0.2, -0.15) is 0 Å². The zero-order valence-electron chi connectivity index (χ0n) is 25.7. The van der Waals surface area contributed by atoms with Gasteiger partial charge in [-0.25, -0.2) is 0 Å². The Morgan fingerprint density at radius 3 is 2.31 bits per heavy atom. The van der Waals surface area contributed by atoms with Crippen LogP contribution in [-0.4, -0.2) is 77.0 Å². The third-order valence-corrected chi connectivity index (χ3v) is 7.10. The molecular formula is C32H47N3O9S. The van der Waals surface area contributed by atoms with Crippen LogP contribution in [0.1, 0.15) is 58.3 Å². The summed E-state index contributed by atoms with van der Waals surface area (Å²) in [4.78, 5) is 56.5. The van der Waals surface area contributed by atoms with Gasteiger partial charge in [-0.3, -0.25) is 29.7 Å². The lowest BCUT2D eigenvalue weighted by Crippen LogP contribution is -2.49. The summed E-state index contributed by atoms with van der Waals surface area (Å²) in [5.74, 6) is -1.78. The Morgan fingerprint density at radius 2 is 1.62 bits per heavy atom. The summed E-state index contributed by atoms with van der Waals surface area (Å²) < 4.78 is 9.10. The number of thioether (sulfide) groups is 1. The van der Waals surface area contributed by atoms with E-state index in [1.807, 2.05) is 73.8 Å². The van der Waals surface area contributed by atoms with E-state index in [9.17, 15) is 29.1 Å². The van der Waals surface area contributed by atoms with Crippen LogP contribution >= 0.6 is 11.8 Å². The number of allylic oxidation sites excluding steroid dienone is 10. The molecule has 45 heavy (non-hydrogen) atoms. The topological polar surface area (TPSA) is 194 Å². The fourth-order valence-electron chi connectivity index (χ4n) is 3.40. The Hall–Kier alpha value is -3.94. The van der Waals surface area contributed by atoms with Crippen molar-refractivity contribution < 1.29 is 43.7 Å². The van der Waals surface area contributed by atoms with Gasteiger partial charge in [-0.05, 0) is 32.1 Å². The highest BCUT2D eigenvalue weighted by molar-refractivity contribution is 8.00. The summed E-state index contributed by atoms with van der Waals surface area (Å²) >= 11 is 1.28. The van der Waals surface area contributed by atoms with Crippen molar-refractivity contribution >= 4 is 42.5 Å². The van der Waals surface area contributed by atoms with Gasteiger partial charge < -0.3 is 30.3 Å². The quantitative estimate of drug-likeness (QED) is 0.0288. The standard InChI is InChI=1S/C32H47N3O9S/c1-2-3-14-17-27(38)28(18-15-12-10-8-6-4-5-7-9-11-13-16-19-31(40)41)45-22-26(32(42)34-23-43-24-36)35-30(39)21-20-29(33)44-25-37/h3,5-8,10-15,18,24-29,38H,2,4,9,16-17,19-23,33H2,1H3,(H,34,42)(H,35,39)(H,40,41)/b7-5-,8-6-,12-10+,13-11-,14-3-,18-15+. The van der Waals surface area contributed by atoms with Gasteiger partial charge in [0.1, 0.15) is 6.04 Å². The van der Waals surface area contributed by atoms with Crippen molar-refractivity contribution in [2.45, 2.75) is 81.9 Å². The number of aliphatic carboxylic acids is 1. The summed E-state index contributed by atoms with van der Waals surface area (Å²) in [6.45, 7) is 2.00. The molecule has 13 heteroatoms. The molecule has 0 saturated carbocycles. The zero-order valence-corrected chi connectivity index (χ0v) is 26.5. The number of carbonyl (C=O) groups is 5. The molecule has 250 valence electrons. The zero-order chi connectivity index (χ0) is 33.5. The molecule has 12 nitrogen and oxygen atoms in total. The highest BCUT2D eigenvalue weighted by atomic mass is 32.2. The van der Waals surface area contributed by atoms with Crippen LogP contribution in [0.5, 0.6) is 0 Å².